The van der Waals surface area contributed by atoms with Gasteiger partial charge in [0.05, 0.1) is 26.2 Å². The van der Waals surface area contributed by atoms with Gasteiger partial charge in [-0.3, -0.25) is 0 Å². The zero-order valence-corrected chi connectivity index (χ0v) is 9.71. The lowest BCUT2D eigenvalue weighted by atomic mass is 10.7. The van der Waals surface area contributed by atoms with Crippen LogP contribution in [-0.2, 0) is 0 Å². The minimum absolute atomic E-state index is 1.22. The van der Waals surface area contributed by atoms with E-state index in [-0.39, 0.29) is 0 Å². The molecule has 0 aromatic rings. The molecule has 14 heavy (non-hydrogen) atoms. The predicted molar refractivity (Wildman–Crippen MR) is 51.4 cm³/mol. The smallest absolute Gasteiger partial charge is 0.0726 e. The van der Waals surface area contributed by atoms with Gasteiger partial charge in [0.15, 0.2) is 0 Å². The quantitative estimate of drug-likeness (QED) is 0.507. The second kappa shape index (κ2) is 22.8. The highest BCUT2D eigenvalue weighted by molar-refractivity contribution is 5.47. The number of hydrogen-bond acceptors (Lipinski definition) is 3. The van der Waals surface area contributed by atoms with Gasteiger partial charge in [0.2, 0.25) is 0 Å². The van der Waals surface area contributed by atoms with Crippen molar-refractivity contribution in [1.82, 2.24) is 0 Å². The molecule has 0 aliphatic carbocycles. The fraction of sp³-hybridized carbons (Fsp3) is 0.889. The summed E-state index contributed by atoms with van der Waals surface area (Å²) in [5, 5.41) is 21.2. The fourth-order valence-electron chi connectivity index (χ4n) is 0.577. The zero-order valence-electron chi connectivity index (χ0n) is 9.71. The average molecular weight is 208 g/mol. The highest BCUT2D eigenvalue weighted by atomic mass is 16.6. The van der Waals surface area contributed by atoms with Gasteiger partial charge in [-0.15, -0.1) is 0 Å². The van der Waals surface area contributed by atoms with Gasteiger partial charge in [0.1, 0.15) is 0 Å². The lowest BCUT2D eigenvalue weighted by Gasteiger charge is -1.96. The summed E-state index contributed by atoms with van der Waals surface area (Å²) in [5.74, 6) is 0. The second-order valence-electron chi connectivity index (χ2n) is 2.46. The van der Waals surface area contributed by atoms with Crippen molar-refractivity contribution < 1.29 is 25.6 Å². The molecule has 0 rings (SSSR count). The van der Waals surface area contributed by atoms with Gasteiger partial charge in [-0.2, -0.15) is 0 Å². The molecular formula is C9H24N2O3. The van der Waals surface area contributed by atoms with Crippen LogP contribution in [0.3, 0.4) is 0 Å². The highest BCUT2D eigenvalue weighted by Crippen LogP contribution is 1.30. The summed E-state index contributed by atoms with van der Waals surface area (Å²) in [6.45, 7) is 13.5. The van der Waals surface area contributed by atoms with Crippen LogP contribution < -0.4 is 20.8 Å². The maximum absolute atomic E-state index is 8.33. The van der Waals surface area contributed by atoms with E-state index < -0.39 is 6.16 Å². The van der Waals surface area contributed by atoms with Crippen molar-refractivity contribution in [3.8, 4) is 0 Å². The zero-order chi connectivity index (χ0) is 11.8. The summed E-state index contributed by atoms with van der Waals surface area (Å²) >= 11 is 0. The Balaban J connectivity index is -0.000000131. The van der Waals surface area contributed by atoms with E-state index in [0.29, 0.717) is 0 Å². The maximum Gasteiger partial charge on any atom is 0.0726 e. The van der Waals surface area contributed by atoms with E-state index in [9.17, 15) is 0 Å². The van der Waals surface area contributed by atoms with E-state index in [1.807, 2.05) is 0 Å². The third-order valence-corrected chi connectivity index (χ3v) is 1.15. The summed E-state index contributed by atoms with van der Waals surface area (Å²) in [6, 6.07) is 0. The van der Waals surface area contributed by atoms with Crippen LogP contribution in [0.4, 0.5) is 4.79 Å². The van der Waals surface area contributed by atoms with Gasteiger partial charge in [-0.25, -0.2) is 0 Å². The van der Waals surface area contributed by atoms with Crippen molar-refractivity contribution in [3.63, 3.8) is 0 Å². The minimum Gasteiger partial charge on any atom is -0.652 e. The van der Waals surface area contributed by atoms with Crippen LogP contribution in [0, 0.1) is 0 Å². The summed E-state index contributed by atoms with van der Waals surface area (Å²) in [4.78, 5) is 8.33. The largest absolute Gasteiger partial charge is 0.652 e. The van der Waals surface area contributed by atoms with Crippen molar-refractivity contribution in [2.24, 2.45) is 0 Å². The SMILES string of the molecule is CC[NH2+]CC.CC[NH2+]CC.O=C([O-])[O-]. The molecule has 0 radical (unpaired) electrons. The topological polar surface area (TPSA) is 96.4 Å². The Kier molecular flexibility index (Phi) is 30.7. The molecule has 0 bridgehead atoms. The first kappa shape index (κ1) is 18.9. The van der Waals surface area contributed by atoms with E-state index in [1.165, 1.54) is 26.2 Å². The minimum atomic E-state index is -2.33. The van der Waals surface area contributed by atoms with Crippen LogP contribution in [0.2, 0.25) is 0 Å². The molecule has 0 heterocycles. The number of rotatable bonds is 4. The predicted octanol–water partition coefficient (Wildman–Crippen LogP) is -3.27. The van der Waals surface area contributed by atoms with Crippen molar-refractivity contribution in [1.29, 1.82) is 0 Å². The molecule has 0 spiro atoms. The van der Waals surface area contributed by atoms with Crippen LogP contribution in [0.25, 0.3) is 0 Å². The first-order chi connectivity index (χ1) is 6.56. The summed E-state index contributed by atoms with van der Waals surface area (Å²) in [5.41, 5.74) is 0. The van der Waals surface area contributed by atoms with Gasteiger partial charge in [0, 0.05) is 0 Å². The standard InChI is InChI=1S/2C4H11N.CH2O3/c2*1-3-5-4-2;2-1(3)4/h2*5H,3-4H2,1-2H3;(H2,2,3,4). The first-order valence-corrected chi connectivity index (χ1v) is 5.07. The monoisotopic (exact) mass is 208 g/mol. The first-order valence-electron chi connectivity index (χ1n) is 5.07. The van der Waals surface area contributed by atoms with Crippen molar-refractivity contribution in [3.05, 3.63) is 0 Å². The van der Waals surface area contributed by atoms with Gasteiger partial charge in [-0.05, 0) is 33.9 Å². The average Bonchev–Trinajstić information content (AvgIpc) is 2.07. The van der Waals surface area contributed by atoms with Gasteiger partial charge >= 0.3 is 0 Å². The second-order valence-corrected chi connectivity index (χ2v) is 2.46. The third kappa shape index (κ3) is 114. The maximum atomic E-state index is 8.33. The van der Waals surface area contributed by atoms with E-state index in [1.54, 1.807) is 0 Å². The Morgan fingerprint density at radius 1 is 0.857 bits per heavy atom. The molecule has 0 fully saturated rings. The number of carbonyl (C=O) groups is 1. The number of hydrogen-bond donors (Lipinski definition) is 2. The number of carbonyl (C=O) groups excluding carboxylic acids is 1. The van der Waals surface area contributed by atoms with Crippen LogP contribution in [0.15, 0.2) is 0 Å². The molecule has 4 N–H and O–H groups in total. The van der Waals surface area contributed by atoms with Crippen molar-refractivity contribution in [2.75, 3.05) is 26.2 Å². The van der Waals surface area contributed by atoms with E-state index in [2.05, 4.69) is 38.3 Å². The van der Waals surface area contributed by atoms with Gasteiger partial charge < -0.3 is 25.6 Å². The van der Waals surface area contributed by atoms with Crippen LogP contribution in [0.1, 0.15) is 27.7 Å². The molecule has 0 aromatic heterocycles. The lowest BCUT2D eigenvalue weighted by molar-refractivity contribution is -0.648. The number of nitrogens with two attached hydrogens (primary N) is 2. The van der Waals surface area contributed by atoms with Crippen LogP contribution in [-0.4, -0.2) is 32.3 Å². The van der Waals surface area contributed by atoms with E-state index in [0.717, 1.165) is 0 Å². The van der Waals surface area contributed by atoms with Gasteiger partial charge in [-0.1, -0.05) is 0 Å². The molecule has 0 aromatic carbocycles. The highest BCUT2D eigenvalue weighted by Gasteiger charge is 1.67. The van der Waals surface area contributed by atoms with Gasteiger partial charge in [0.25, 0.3) is 0 Å². The van der Waals surface area contributed by atoms with Crippen LogP contribution in [0.5, 0.6) is 0 Å². The molecule has 0 unspecified atom stereocenters. The number of carboxylic acid groups (broad SMARTS) is 2. The van der Waals surface area contributed by atoms with E-state index >= 15 is 0 Å². The third-order valence-electron chi connectivity index (χ3n) is 1.15. The summed E-state index contributed by atoms with van der Waals surface area (Å²) in [7, 11) is 0. The molecule has 0 aliphatic rings. The number of quaternary nitrogens is 2. The summed E-state index contributed by atoms with van der Waals surface area (Å²) in [6.07, 6.45) is -2.33. The molecule has 0 atom stereocenters. The molecule has 5 nitrogen and oxygen atoms in total. The molecule has 88 valence electrons. The lowest BCUT2D eigenvalue weighted by Crippen LogP contribution is -2.82. The van der Waals surface area contributed by atoms with Crippen LogP contribution >= 0.6 is 0 Å². The molecule has 0 amide bonds. The van der Waals surface area contributed by atoms with Crippen molar-refractivity contribution in [2.45, 2.75) is 27.7 Å². The molecule has 5 heteroatoms. The molecule has 0 saturated carbocycles. The van der Waals surface area contributed by atoms with E-state index in [4.69, 9.17) is 15.0 Å². The Bertz CT molecular complexity index is 86.1. The Labute approximate surface area is 86.5 Å². The normalized spacial score (nSPS) is 7.71. The molecule has 0 aliphatic heterocycles. The molecule has 0 saturated heterocycles. The van der Waals surface area contributed by atoms with Crippen molar-refractivity contribution >= 4 is 6.16 Å². The molecular weight excluding hydrogens is 184 g/mol. The summed E-state index contributed by atoms with van der Waals surface area (Å²) < 4.78 is 0. The Morgan fingerprint density at radius 2 is 1.00 bits per heavy atom. The Morgan fingerprint density at radius 3 is 1.00 bits per heavy atom. The fourth-order valence-corrected chi connectivity index (χ4v) is 0.577. The Hall–Kier alpha value is -0.810.